The molecule has 0 aromatic heterocycles. The number of imide groups is 1. The second-order valence-electron chi connectivity index (χ2n) is 6.06. The Balaban J connectivity index is 1.95. The van der Waals surface area contributed by atoms with Crippen molar-refractivity contribution < 1.29 is 28.7 Å². The highest BCUT2D eigenvalue weighted by atomic mass is 79.9. The minimum Gasteiger partial charge on any atom is -0.467 e. The van der Waals surface area contributed by atoms with E-state index in [4.69, 9.17) is 9.47 Å². The quantitative estimate of drug-likeness (QED) is 0.304. The van der Waals surface area contributed by atoms with Gasteiger partial charge in [-0.25, -0.2) is 4.79 Å². The van der Waals surface area contributed by atoms with E-state index in [2.05, 4.69) is 15.9 Å². The molecule has 2 atom stereocenters. The lowest BCUT2D eigenvalue weighted by Crippen LogP contribution is -2.47. The number of alkyl halides is 1. The first-order valence-corrected chi connectivity index (χ1v) is 9.24. The molecule has 0 fully saturated rings. The molecule has 7 nitrogen and oxygen atoms in total. The highest BCUT2D eigenvalue weighted by molar-refractivity contribution is 9.09. The van der Waals surface area contributed by atoms with E-state index < -0.39 is 34.6 Å². The zero-order valence-electron chi connectivity index (χ0n) is 15.0. The van der Waals surface area contributed by atoms with Gasteiger partial charge in [0.05, 0.1) is 23.1 Å². The van der Waals surface area contributed by atoms with Gasteiger partial charge in [0.1, 0.15) is 5.75 Å². The Morgan fingerprint density at radius 3 is 1.96 bits per heavy atom. The average molecular weight is 446 g/mol. The summed E-state index contributed by atoms with van der Waals surface area (Å²) in [5, 5.41) is 0. The highest BCUT2D eigenvalue weighted by Gasteiger charge is 2.46. The summed E-state index contributed by atoms with van der Waals surface area (Å²) in [5.74, 6) is -1.97. The Hall–Kier alpha value is -3.00. The number of amides is 2. The maximum Gasteiger partial charge on any atom is 0.330 e. The molecule has 1 heterocycles. The molecule has 0 unspecified atom stereocenters. The van der Waals surface area contributed by atoms with Crippen molar-refractivity contribution in [3.8, 4) is 5.75 Å². The first kappa shape index (κ1) is 19.8. The maximum atomic E-state index is 12.8. The summed E-state index contributed by atoms with van der Waals surface area (Å²) in [6.45, 7) is 1.29. The number of fused-ring (bicyclic) bond motifs is 1. The van der Waals surface area contributed by atoms with Crippen LogP contribution in [0.1, 0.15) is 38.0 Å². The van der Waals surface area contributed by atoms with Crippen LogP contribution in [-0.2, 0) is 14.3 Å². The van der Waals surface area contributed by atoms with Gasteiger partial charge in [0.15, 0.2) is 6.04 Å². The van der Waals surface area contributed by atoms with Crippen LogP contribution in [0, 0.1) is 0 Å². The molecular formula is C20H16BrNO6. The van der Waals surface area contributed by atoms with Gasteiger partial charge in [0.2, 0.25) is 0 Å². The van der Waals surface area contributed by atoms with E-state index in [1.807, 2.05) is 0 Å². The molecule has 3 rings (SSSR count). The van der Waals surface area contributed by atoms with E-state index in [0.717, 1.165) is 4.90 Å². The van der Waals surface area contributed by atoms with Crippen molar-refractivity contribution in [2.45, 2.75) is 17.8 Å². The standard InChI is InChI=1S/C20H16BrNO6/c1-11(23)28-13-9-7-12(8-10-13)16(21)17(20(26)27-2)22-18(24)14-5-3-4-6-15(14)19(22)25/h3-10,16-17H,1-2H3/t16-,17-/m0/s1. The fraction of sp³-hybridized carbons (Fsp3) is 0.200. The van der Waals surface area contributed by atoms with Crippen molar-refractivity contribution in [3.63, 3.8) is 0 Å². The van der Waals surface area contributed by atoms with Crippen LogP contribution in [-0.4, -0.2) is 41.8 Å². The summed E-state index contributed by atoms with van der Waals surface area (Å²) in [5.41, 5.74) is 1.08. The molecule has 1 aliphatic rings. The first-order chi connectivity index (χ1) is 13.3. The number of halogens is 1. The van der Waals surface area contributed by atoms with Crippen LogP contribution in [0.3, 0.4) is 0 Å². The summed E-state index contributed by atoms with van der Waals surface area (Å²) in [4.78, 5) is 49.3. The number of ether oxygens (including phenoxy) is 2. The van der Waals surface area contributed by atoms with Crippen molar-refractivity contribution in [2.75, 3.05) is 7.11 Å². The van der Waals surface area contributed by atoms with Crippen LogP contribution < -0.4 is 4.74 Å². The molecule has 2 aromatic carbocycles. The second kappa shape index (κ2) is 7.93. The third-order valence-electron chi connectivity index (χ3n) is 4.28. The Bertz CT molecular complexity index is 920. The van der Waals surface area contributed by atoms with Crippen molar-refractivity contribution in [1.82, 2.24) is 4.90 Å². The SMILES string of the molecule is COC(=O)[C@H]([C@@H](Br)c1ccc(OC(C)=O)cc1)N1C(=O)c2ccccc2C1=O. The summed E-state index contributed by atoms with van der Waals surface area (Å²) in [6, 6.07) is 11.6. The lowest BCUT2D eigenvalue weighted by atomic mass is 10.0. The fourth-order valence-corrected chi connectivity index (χ4v) is 3.76. The van der Waals surface area contributed by atoms with E-state index in [0.29, 0.717) is 11.3 Å². The van der Waals surface area contributed by atoms with Crippen molar-refractivity contribution in [3.05, 3.63) is 65.2 Å². The van der Waals surface area contributed by atoms with Gasteiger partial charge in [0.25, 0.3) is 11.8 Å². The molecule has 0 bridgehead atoms. The first-order valence-electron chi connectivity index (χ1n) is 8.32. The van der Waals surface area contributed by atoms with Crippen LogP contribution in [0.15, 0.2) is 48.5 Å². The van der Waals surface area contributed by atoms with E-state index >= 15 is 0 Å². The molecule has 28 heavy (non-hydrogen) atoms. The molecule has 144 valence electrons. The number of nitrogens with zero attached hydrogens (tertiary/aromatic N) is 1. The topological polar surface area (TPSA) is 90.0 Å². The lowest BCUT2D eigenvalue weighted by molar-refractivity contribution is -0.145. The molecule has 2 aromatic rings. The second-order valence-corrected chi connectivity index (χ2v) is 7.04. The van der Waals surface area contributed by atoms with E-state index in [1.54, 1.807) is 48.5 Å². The molecule has 0 aliphatic carbocycles. The summed E-state index contributed by atoms with van der Waals surface area (Å²) >= 11 is 3.42. The number of benzene rings is 2. The van der Waals surface area contributed by atoms with Gasteiger partial charge >= 0.3 is 11.9 Å². The van der Waals surface area contributed by atoms with Gasteiger partial charge in [-0.05, 0) is 29.8 Å². The largest absolute Gasteiger partial charge is 0.467 e. The van der Waals surface area contributed by atoms with Crippen molar-refractivity contribution in [2.24, 2.45) is 0 Å². The molecule has 0 saturated heterocycles. The van der Waals surface area contributed by atoms with E-state index in [-0.39, 0.29) is 11.1 Å². The Morgan fingerprint density at radius 2 is 1.50 bits per heavy atom. The van der Waals surface area contributed by atoms with E-state index in [1.165, 1.54) is 14.0 Å². The van der Waals surface area contributed by atoms with Crippen molar-refractivity contribution >= 4 is 39.7 Å². The Morgan fingerprint density at radius 1 is 0.964 bits per heavy atom. The van der Waals surface area contributed by atoms with Gasteiger partial charge in [-0.15, -0.1) is 0 Å². The van der Waals surface area contributed by atoms with Gasteiger partial charge in [-0.2, -0.15) is 0 Å². The number of hydrogen-bond donors (Lipinski definition) is 0. The summed E-state index contributed by atoms with van der Waals surface area (Å²) in [7, 11) is 1.19. The minimum absolute atomic E-state index is 0.242. The van der Waals surface area contributed by atoms with Gasteiger partial charge in [0, 0.05) is 6.92 Å². The fourth-order valence-electron chi connectivity index (χ4n) is 3.01. The zero-order valence-corrected chi connectivity index (χ0v) is 16.6. The summed E-state index contributed by atoms with van der Waals surface area (Å²) in [6.07, 6.45) is 0. The van der Waals surface area contributed by atoms with Crippen LogP contribution >= 0.6 is 15.9 Å². The summed E-state index contributed by atoms with van der Waals surface area (Å²) < 4.78 is 9.84. The molecule has 0 N–H and O–H groups in total. The number of hydrogen-bond acceptors (Lipinski definition) is 6. The Labute approximate surface area is 169 Å². The number of carbonyl (C=O) groups excluding carboxylic acids is 4. The maximum absolute atomic E-state index is 12.8. The van der Waals surface area contributed by atoms with E-state index in [9.17, 15) is 19.2 Å². The van der Waals surface area contributed by atoms with Crippen LogP contribution in [0.4, 0.5) is 0 Å². The Kier molecular flexibility index (Phi) is 5.60. The molecule has 0 radical (unpaired) electrons. The van der Waals surface area contributed by atoms with Crippen LogP contribution in [0.2, 0.25) is 0 Å². The molecule has 2 amide bonds. The molecule has 0 saturated carbocycles. The van der Waals surface area contributed by atoms with Crippen molar-refractivity contribution in [1.29, 1.82) is 0 Å². The molecule has 0 spiro atoms. The minimum atomic E-state index is -1.21. The van der Waals surface area contributed by atoms with Crippen LogP contribution in [0.25, 0.3) is 0 Å². The lowest BCUT2D eigenvalue weighted by Gasteiger charge is -2.28. The third kappa shape index (κ3) is 3.55. The zero-order chi connectivity index (χ0) is 20.4. The molecular weight excluding hydrogens is 430 g/mol. The van der Waals surface area contributed by atoms with Gasteiger partial charge in [-0.1, -0.05) is 40.2 Å². The number of carbonyl (C=O) groups is 4. The highest BCUT2D eigenvalue weighted by Crippen LogP contribution is 2.36. The average Bonchev–Trinajstić information content (AvgIpc) is 2.93. The number of rotatable bonds is 5. The van der Waals surface area contributed by atoms with Crippen LogP contribution in [0.5, 0.6) is 5.75 Å². The normalized spacial score (nSPS) is 15.0. The number of methoxy groups -OCH3 is 1. The van der Waals surface area contributed by atoms with Gasteiger partial charge < -0.3 is 9.47 Å². The smallest absolute Gasteiger partial charge is 0.330 e. The predicted octanol–water partition coefficient (Wildman–Crippen LogP) is 2.89. The van der Waals surface area contributed by atoms with Gasteiger partial charge in [-0.3, -0.25) is 19.3 Å². The molecule has 8 heteroatoms. The molecule has 1 aliphatic heterocycles. The number of esters is 2. The third-order valence-corrected chi connectivity index (χ3v) is 5.31. The predicted molar refractivity (Wildman–Crippen MR) is 102 cm³/mol. The monoisotopic (exact) mass is 445 g/mol.